The van der Waals surface area contributed by atoms with Gasteiger partial charge in [-0.2, -0.15) is 0 Å². The molecule has 3 amide bonds. The maximum absolute atomic E-state index is 15.0. The Morgan fingerprint density at radius 1 is 0.958 bits per heavy atom. The van der Waals surface area contributed by atoms with Crippen LogP contribution in [0.25, 0.3) is 0 Å². The number of cyclic esters (lactones) is 1. The van der Waals surface area contributed by atoms with Crippen molar-refractivity contribution in [3.63, 3.8) is 0 Å². The number of benzene rings is 2. The van der Waals surface area contributed by atoms with E-state index in [1.54, 1.807) is 35.1 Å². The highest BCUT2D eigenvalue weighted by atomic mass is 16.6. The molecule has 10 nitrogen and oxygen atoms in total. The van der Waals surface area contributed by atoms with Crippen LogP contribution in [0.5, 0.6) is 0 Å². The summed E-state index contributed by atoms with van der Waals surface area (Å²) in [6.07, 6.45) is 6.07. The van der Waals surface area contributed by atoms with Crippen molar-refractivity contribution in [3.05, 3.63) is 96.1 Å². The van der Waals surface area contributed by atoms with Gasteiger partial charge in [0, 0.05) is 25.6 Å². The first kappa shape index (κ1) is 33.6. The number of rotatable bonds is 4. The number of aliphatic hydroxyl groups excluding tert-OH is 1. The third kappa shape index (κ3) is 5.64. The molecule has 2 aromatic carbocycles. The molecule has 0 radical (unpaired) electrons. The number of nitrogens with zero attached hydrogens (tertiary/aromatic N) is 3. The van der Waals surface area contributed by atoms with Gasteiger partial charge in [-0.05, 0) is 45.2 Å². The highest BCUT2D eigenvalue weighted by Crippen LogP contribution is 2.55. The quantitative estimate of drug-likeness (QED) is 0.392. The van der Waals surface area contributed by atoms with Gasteiger partial charge in [0.05, 0.1) is 30.7 Å². The Kier molecular flexibility index (Phi) is 9.08. The van der Waals surface area contributed by atoms with Crippen molar-refractivity contribution < 1.29 is 33.8 Å². The number of likely N-dealkylation sites (tertiary alicyclic amines) is 1. The number of fused-ring (bicyclic) bond motifs is 2. The summed E-state index contributed by atoms with van der Waals surface area (Å²) in [4.78, 5) is 62.2. The van der Waals surface area contributed by atoms with E-state index in [1.165, 1.54) is 4.90 Å². The standard InChI is InChI=1S/C38H45N3O7/c1-24-32(26-17-10-7-11-18-26)47-36(46)30-28(19-12-13-20-29(43)39(24)5)48-38-21-14-22-40(37(2,3)4)35(45)33(38)41(34(44)31(30)38)27(23-42)25-15-8-6-9-16-25/h6-12,14-19,21,24,27-28,30-33,42H,13,20,22-23H2,1-5H3/b19-12-/t24-,27-,28-,30+,31+,32+,33-,38+/m1/s1. The maximum Gasteiger partial charge on any atom is 0.313 e. The van der Waals surface area contributed by atoms with Crippen LogP contribution in [0.3, 0.4) is 0 Å². The van der Waals surface area contributed by atoms with Crippen LogP contribution < -0.4 is 0 Å². The zero-order chi connectivity index (χ0) is 34.4. The van der Waals surface area contributed by atoms with E-state index in [4.69, 9.17) is 9.47 Å². The van der Waals surface area contributed by atoms with Crippen LogP contribution in [0, 0.1) is 11.8 Å². The number of amides is 3. The van der Waals surface area contributed by atoms with E-state index in [1.807, 2.05) is 94.4 Å². The third-order valence-electron chi connectivity index (χ3n) is 10.4. The van der Waals surface area contributed by atoms with E-state index in [9.17, 15) is 24.3 Å². The van der Waals surface area contributed by atoms with Gasteiger partial charge < -0.3 is 29.3 Å². The van der Waals surface area contributed by atoms with Gasteiger partial charge in [0.15, 0.2) is 0 Å². The monoisotopic (exact) mass is 655 g/mol. The first-order valence-corrected chi connectivity index (χ1v) is 16.7. The van der Waals surface area contributed by atoms with Crippen LogP contribution in [-0.4, -0.2) is 93.0 Å². The lowest BCUT2D eigenvalue weighted by atomic mass is 9.77. The average molecular weight is 656 g/mol. The summed E-state index contributed by atoms with van der Waals surface area (Å²) in [5, 5.41) is 10.8. The SMILES string of the molecule is C[C@@H]1[C@@H](c2ccccc2)OC(=O)[C@@H]2[C@H]3C(=O)N([C@H](CO)c4ccccc4)[C@@H]4C(=O)N(C(C)(C)C)CC=C[C@]34O[C@@H]2/C=C\CCC(=O)N1C. The Morgan fingerprint density at radius 2 is 1.62 bits per heavy atom. The minimum Gasteiger partial charge on any atom is -0.455 e. The van der Waals surface area contributed by atoms with Gasteiger partial charge in [-0.25, -0.2) is 0 Å². The summed E-state index contributed by atoms with van der Waals surface area (Å²) in [6.45, 7) is 7.48. The number of carbonyl (C=O) groups excluding carboxylic acids is 4. The molecule has 2 saturated heterocycles. The van der Waals surface area contributed by atoms with Gasteiger partial charge in [-0.1, -0.05) is 85.0 Å². The Labute approximate surface area is 282 Å². The Hall–Kier alpha value is -4.28. The summed E-state index contributed by atoms with van der Waals surface area (Å²) in [5.74, 6) is -3.75. The zero-order valence-corrected chi connectivity index (χ0v) is 28.2. The largest absolute Gasteiger partial charge is 0.455 e. The molecule has 4 aliphatic heterocycles. The van der Waals surface area contributed by atoms with Gasteiger partial charge in [0.25, 0.3) is 0 Å². The molecule has 0 unspecified atom stereocenters. The molecule has 254 valence electrons. The number of likely N-dealkylation sites (N-methyl/N-ethyl adjacent to an activating group) is 1. The number of hydrogen-bond donors (Lipinski definition) is 1. The molecule has 48 heavy (non-hydrogen) atoms. The van der Waals surface area contributed by atoms with E-state index in [0.717, 1.165) is 0 Å². The van der Waals surface area contributed by atoms with Crippen molar-refractivity contribution >= 4 is 23.7 Å². The summed E-state index contributed by atoms with van der Waals surface area (Å²) in [7, 11) is 1.70. The Bertz CT molecular complexity index is 1600. The molecular formula is C38H45N3O7. The van der Waals surface area contributed by atoms with Gasteiger partial charge in [0.2, 0.25) is 17.7 Å². The lowest BCUT2D eigenvalue weighted by Gasteiger charge is -2.42. The topological polar surface area (TPSA) is 117 Å². The van der Waals surface area contributed by atoms with Crippen LogP contribution in [-0.2, 0) is 28.7 Å². The van der Waals surface area contributed by atoms with E-state index in [2.05, 4.69) is 0 Å². The number of hydrogen-bond acceptors (Lipinski definition) is 7. The molecule has 0 aliphatic carbocycles. The number of carbonyl (C=O) groups is 4. The lowest BCUT2D eigenvalue weighted by Crippen LogP contribution is -2.59. The van der Waals surface area contributed by atoms with Crippen LogP contribution in [0.1, 0.15) is 63.8 Å². The molecule has 2 fully saturated rings. The van der Waals surface area contributed by atoms with Gasteiger partial charge in [-0.15, -0.1) is 0 Å². The Morgan fingerprint density at radius 3 is 2.27 bits per heavy atom. The van der Waals surface area contributed by atoms with Crippen LogP contribution >= 0.6 is 0 Å². The first-order chi connectivity index (χ1) is 22.9. The van der Waals surface area contributed by atoms with Crippen LogP contribution in [0.2, 0.25) is 0 Å². The van der Waals surface area contributed by atoms with Crippen molar-refractivity contribution in [3.8, 4) is 0 Å². The molecular weight excluding hydrogens is 610 g/mol. The predicted octanol–water partition coefficient (Wildman–Crippen LogP) is 3.98. The van der Waals surface area contributed by atoms with E-state index < -0.39 is 71.8 Å². The number of esters is 1. The fourth-order valence-electron chi connectivity index (χ4n) is 7.80. The molecule has 4 heterocycles. The predicted molar refractivity (Wildman–Crippen MR) is 178 cm³/mol. The fraction of sp³-hybridized carbons (Fsp3) is 0.474. The second kappa shape index (κ2) is 13.0. The second-order valence-corrected chi connectivity index (χ2v) is 14.2. The van der Waals surface area contributed by atoms with Crippen LogP contribution in [0.4, 0.5) is 0 Å². The molecule has 2 aromatic rings. The number of aliphatic hydroxyl groups is 1. The van der Waals surface area contributed by atoms with Crippen molar-refractivity contribution in [1.29, 1.82) is 0 Å². The molecule has 1 spiro atoms. The lowest BCUT2D eigenvalue weighted by molar-refractivity contribution is -0.165. The summed E-state index contributed by atoms with van der Waals surface area (Å²) in [5.41, 5.74) is -0.738. The second-order valence-electron chi connectivity index (χ2n) is 14.2. The third-order valence-corrected chi connectivity index (χ3v) is 10.4. The van der Waals surface area contributed by atoms with Crippen molar-refractivity contribution in [2.75, 3.05) is 20.2 Å². The van der Waals surface area contributed by atoms with Crippen molar-refractivity contribution in [1.82, 2.24) is 14.7 Å². The van der Waals surface area contributed by atoms with E-state index >= 15 is 0 Å². The molecule has 0 saturated carbocycles. The van der Waals surface area contributed by atoms with Gasteiger partial charge in [0.1, 0.15) is 23.7 Å². The molecule has 6 rings (SSSR count). The summed E-state index contributed by atoms with van der Waals surface area (Å²) < 4.78 is 13.2. The van der Waals surface area contributed by atoms with Crippen molar-refractivity contribution in [2.45, 2.75) is 82.0 Å². The maximum atomic E-state index is 15.0. The Balaban J connectivity index is 1.50. The van der Waals surface area contributed by atoms with E-state index in [-0.39, 0.29) is 24.8 Å². The molecule has 4 aliphatic rings. The minimum atomic E-state index is -1.52. The number of allylic oxidation sites excluding steroid dienone is 1. The molecule has 8 atom stereocenters. The first-order valence-electron chi connectivity index (χ1n) is 16.7. The highest BCUT2D eigenvalue weighted by Gasteiger charge is 2.73. The molecule has 1 N–H and O–H groups in total. The highest BCUT2D eigenvalue weighted by molar-refractivity contribution is 5.99. The van der Waals surface area contributed by atoms with Gasteiger partial charge >= 0.3 is 5.97 Å². The van der Waals surface area contributed by atoms with Crippen molar-refractivity contribution in [2.24, 2.45) is 11.8 Å². The molecule has 10 heteroatoms. The average Bonchev–Trinajstić information content (AvgIpc) is 3.45. The number of ether oxygens (including phenoxy) is 2. The normalized spacial score (nSPS) is 32.4. The van der Waals surface area contributed by atoms with E-state index in [0.29, 0.717) is 17.5 Å². The zero-order valence-electron chi connectivity index (χ0n) is 28.2. The van der Waals surface area contributed by atoms with Gasteiger partial charge in [-0.3, -0.25) is 19.2 Å². The molecule has 0 aromatic heterocycles. The summed E-state index contributed by atoms with van der Waals surface area (Å²) in [6, 6.07) is 15.8. The summed E-state index contributed by atoms with van der Waals surface area (Å²) >= 11 is 0. The minimum absolute atomic E-state index is 0.0922. The smallest absolute Gasteiger partial charge is 0.313 e. The van der Waals surface area contributed by atoms with Crippen LogP contribution in [0.15, 0.2) is 85.0 Å². The molecule has 0 bridgehead atoms. The fourth-order valence-corrected chi connectivity index (χ4v) is 7.80.